The highest BCUT2D eigenvalue weighted by atomic mass is 19.1. The van der Waals surface area contributed by atoms with Gasteiger partial charge >= 0.3 is 0 Å². The van der Waals surface area contributed by atoms with E-state index in [4.69, 9.17) is 0 Å². The first-order chi connectivity index (χ1) is 19.6. The second kappa shape index (κ2) is 13.2. The first kappa shape index (κ1) is 30.2. The van der Waals surface area contributed by atoms with Gasteiger partial charge in [-0.2, -0.15) is 0 Å². The van der Waals surface area contributed by atoms with Crippen molar-refractivity contribution >= 4 is 17.0 Å². The zero-order chi connectivity index (χ0) is 29.6. The Kier molecular flexibility index (Phi) is 9.74. The van der Waals surface area contributed by atoms with Crippen molar-refractivity contribution in [3.05, 3.63) is 109 Å². The Morgan fingerprint density at radius 3 is 2.27 bits per heavy atom. The standard InChI is InChI=1S/C35H44FN5/c1-8-35(24(2)3,21-29-15-11-9-12-16-29)20-19-25(4)26(5)31(36)27(6)41-23-38-32-33(39-28(7)40-34(32)41)37-22-30-17-13-10-14-18-30/h8-18,23,25-27,31H,1-2,19-22H2,3-7H3,(H,37,39,40)/t25-,26?,27-,31+,35?/m1/s1. The van der Waals surface area contributed by atoms with E-state index in [-0.39, 0.29) is 17.3 Å². The molecule has 0 aliphatic rings. The maximum Gasteiger partial charge on any atom is 0.166 e. The molecule has 2 unspecified atom stereocenters. The molecule has 0 aliphatic carbocycles. The van der Waals surface area contributed by atoms with Crippen LogP contribution in [0.4, 0.5) is 10.2 Å². The van der Waals surface area contributed by atoms with Gasteiger partial charge in [0.2, 0.25) is 0 Å². The largest absolute Gasteiger partial charge is 0.364 e. The molecule has 0 saturated carbocycles. The summed E-state index contributed by atoms with van der Waals surface area (Å²) in [5, 5.41) is 3.39. The normalized spacial score (nSPS) is 16.0. The Morgan fingerprint density at radius 1 is 1.02 bits per heavy atom. The molecule has 2 heterocycles. The molecule has 0 fully saturated rings. The van der Waals surface area contributed by atoms with Crippen molar-refractivity contribution in [2.45, 2.75) is 72.6 Å². The van der Waals surface area contributed by atoms with Gasteiger partial charge in [-0.15, -0.1) is 6.58 Å². The number of fused-ring (bicyclic) bond motifs is 1. The number of alkyl halides is 1. The maximum absolute atomic E-state index is 16.2. The van der Waals surface area contributed by atoms with Crippen LogP contribution in [0.25, 0.3) is 11.2 Å². The fraction of sp³-hybridized carbons (Fsp3) is 0.400. The average Bonchev–Trinajstić information content (AvgIpc) is 3.41. The SMILES string of the molecule is C=CC(CC[C@@H](C)C(C)[C@H](F)[C@@H](C)n1cnc2c(NCc3ccccc3)nc(C)nc21)(Cc1ccccc1)C(=C)C. The fourth-order valence-corrected chi connectivity index (χ4v) is 5.64. The molecule has 0 bridgehead atoms. The highest BCUT2D eigenvalue weighted by Gasteiger charge is 2.33. The van der Waals surface area contributed by atoms with Crippen LogP contribution in [0.2, 0.25) is 0 Å². The second-order valence-electron chi connectivity index (χ2n) is 11.6. The molecule has 0 saturated heterocycles. The predicted molar refractivity (Wildman–Crippen MR) is 169 cm³/mol. The van der Waals surface area contributed by atoms with E-state index in [9.17, 15) is 0 Å². The third-order valence-electron chi connectivity index (χ3n) is 8.78. The molecular weight excluding hydrogens is 509 g/mol. The van der Waals surface area contributed by atoms with E-state index in [1.165, 1.54) is 5.56 Å². The predicted octanol–water partition coefficient (Wildman–Crippen LogP) is 8.69. The van der Waals surface area contributed by atoms with Gasteiger partial charge in [0, 0.05) is 12.0 Å². The van der Waals surface area contributed by atoms with E-state index in [0.717, 1.165) is 30.4 Å². The van der Waals surface area contributed by atoms with Crippen LogP contribution >= 0.6 is 0 Å². The molecular formula is C35H44FN5. The van der Waals surface area contributed by atoms with Gasteiger partial charge in [-0.1, -0.05) is 92.7 Å². The zero-order valence-corrected chi connectivity index (χ0v) is 25.1. The Balaban J connectivity index is 1.47. The van der Waals surface area contributed by atoms with E-state index in [1.54, 1.807) is 6.33 Å². The molecule has 0 spiro atoms. The third-order valence-corrected chi connectivity index (χ3v) is 8.78. The number of anilines is 1. The average molecular weight is 554 g/mol. The molecule has 4 aromatic rings. The molecule has 5 nitrogen and oxygen atoms in total. The lowest BCUT2D eigenvalue weighted by atomic mass is 9.70. The number of aromatic nitrogens is 4. The molecule has 41 heavy (non-hydrogen) atoms. The minimum Gasteiger partial charge on any atom is -0.364 e. The highest BCUT2D eigenvalue weighted by molar-refractivity contribution is 5.83. The second-order valence-corrected chi connectivity index (χ2v) is 11.6. The highest BCUT2D eigenvalue weighted by Crippen LogP contribution is 2.40. The number of halogens is 1. The molecule has 0 radical (unpaired) electrons. The van der Waals surface area contributed by atoms with Crippen LogP contribution in [0.3, 0.4) is 0 Å². The topological polar surface area (TPSA) is 55.6 Å². The summed E-state index contributed by atoms with van der Waals surface area (Å²) < 4.78 is 18.0. The van der Waals surface area contributed by atoms with E-state index < -0.39 is 12.2 Å². The van der Waals surface area contributed by atoms with Crippen LogP contribution in [0.15, 0.2) is 91.8 Å². The number of aryl methyl sites for hydroxylation is 1. The number of hydrogen-bond acceptors (Lipinski definition) is 4. The quantitative estimate of drug-likeness (QED) is 0.159. The van der Waals surface area contributed by atoms with Crippen molar-refractivity contribution in [1.82, 2.24) is 19.5 Å². The molecule has 2 aromatic heterocycles. The summed E-state index contributed by atoms with van der Waals surface area (Å²) in [6, 6.07) is 20.2. The van der Waals surface area contributed by atoms with Crippen LogP contribution in [0.5, 0.6) is 0 Å². The summed E-state index contributed by atoms with van der Waals surface area (Å²) in [6.07, 6.45) is 5.27. The molecule has 2 aromatic carbocycles. The maximum atomic E-state index is 16.2. The number of allylic oxidation sites excluding steroid dienone is 2. The number of nitrogens with zero attached hydrogens (tertiary/aromatic N) is 4. The molecule has 5 atom stereocenters. The van der Waals surface area contributed by atoms with Crippen LogP contribution < -0.4 is 5.32 Å². The number of imidazole rings is 1. The number of rotatable bonds is 14. The van der Waals surface area contributed by atoms with Crippen molar-refractivity contribution in [2.75, 3.05) is 5.32 Å². The van der Waals surface area contributed by atoms with Gasteiger partial charge in [0.15, 0.2) is 11.5 Å². The van der Waals surface area contributed by atoms with Crippen LogP contribution in [0.1, 0.15) is 63.5 Å². The molecule has 6 heteroatoms. The Hall–Kier alpha value is -3.80. The summed E-state index contributed by atoms with van der Waals surface area (Å²) in [7, 11) is 0. The zero-order valence-electron chi connectivity index (χ0n) is 25.1. The van der Waals surface area contributed by atoms with Crippen LogP contribution in [-0.2, 0) is 13.0 Å². The number of hydrogen-bond donors (Lipinski definition) is 1. The van der Waals surface area contributed by atoms with E-state index in [1.807, 2.05) is 55.7 Å². The molecule has 4 rings (SSSR count). The van der Waals surface area contributed by atoms with Gasteiger partial charge < -0.3 is 9.88 Å². The van der Waals surface area contributed by atoms with Crippen LogP contribution in [-0.4, -0.2) is 25.7 Å². The lowest BCUT2D eigenvalue weighted by molar-refractivity contribution is 0.126. The fourth-order valence-electron chi connectivity index (χ4n) is 5.64. The van der Waals surface area contributed by atoms with Gasteiger partial charge in [-0.05, 0) is 63.0 Å². The third kappa shape index (κ3) is 6.92. The summed E-state index contributed by atoms with van der Waals surface area (Å²) in [5.74, 6) is 1.29. The van der Waals surface area contributed by atoms with Gasteiger partial charge in [-0.25, -0.2) is 19.3 Å². The van der Waals surface area contributed by atoms with E-state index in [2.05, 4.69) is 83.7 Å². The summed E-state index contributed by atoms with van der Waals surface area (Å²) in [6.45, 7) is 19.1. The van der Waals surface area contributed by atoms with Crippen molar-refractivity contribution < 1.29 is 4.39 Å². The van der Waals surface area contributed by atoms with E-state index in [0.29, 0.717) is 29.4 Å². The van der Waals surface area contributed by atoms with Gasteiger partial charge in [-0.3, -0.25) is 0 Å². The smallest absolute Gasteiger partial charge is 0.166 e. The van der Waals surface area contributed by atoms with Crippen molar-refractivity contribution in [2.24, 2.45) is 17.3 Å². The minimum atomic E-state index is -1.07. The summed E-state index contributed by atoms with van der Waals surface area (Å²) in [5.41, 5.74) is 4.59. The number of benzene rings is 2. The first-order valence-corrected chi connectivity index (χ1v) is 14.6. The van der Waals surface area contributed by atoms with Crippen molar-refractivity contribution in [1.29, 1.82) is 0 Å². The van der Waals surface area contributed by atoms with Crippen molar-refractivity contribution in [3.63, 3.8) is 0 Å². The van der Waals surface area contributed by atoms with Gasteiger partial charge in [0.1, 0.15) is 17.5 Å². The Bertz CT molecular complexity index is 1450. The Labute approximate surface area is 244 Å². The Morgan fingerprint density at radius 2 is 1.66 bits per heavy atom. The molecule has 216 valence electrons. The van der Waals surface area contributed by atoms with Crippen LogP contribution in [0, 0.1) is 24.2 Å². The van der Waals surface area contributed by atoms with E-state index >= 15 is 4.39 Å². The minimum absolute atomic E-state index is 0.162. The first-order valence-electron chi connectivity index (χ1n) is 14.6. The molecule has 0 aliphatic heterocycles. The summed E-state index contributed by atoms with van der Waals surface area (Å²) >= 11 is 0. The number of nitrogens with one attached hydrogen (secondary N) is 1. The monoisotopic (exact) mass is 553 g/mol. The molecule has 0 amide bonds. The van der Waals surface area contributed by atoms with Gasteiger partial charge in [0.25, 0.3) is 0 Å². The lowest BCUT2D eigenvalue weighted by Gasteiger charge is -2.35. The molecule has 1 N–H and O–H groups in total. The van der Waals surface area contributed by atoms with Gasteiger partial charge in [0.05, 0.1) is 12.4 Å². The summed E-state index contributed by atoms with van der Waals surface area (Å²) in [4.78, 5) is 13.9. The lowest BCUT2D eigenvalue weighted by Crippen LogP contribution is -2.30. The van der Waals surface area contributed by atoms with Crippen molar-refractivity contribution in [3.8, 4) is 0 Å².